The Hall–Kier alpha value is -1.50. The van der Waals surface area contributed by atoms with Crippen LogP contribution in [0.2, 0.25) is 0 Å². The van der Waals surface area contributed by atoms with Crippen LogP contribution < -0.4 is 0 Å². The maximum atomic E-state index is 12.4. The number of benzene rings is 2. The molecule has 0 N–H and O–H groups in total. The number of piperidine rings is 1. The highest BCUT2D eigenvalue weighted by Crippen LogP contribution is 2.35. The monoisotopic (exact) mass is 467 g/mol. The lowest BCUT2D eigenvalue weighted by Crippen LogP contribution is -2.39. The second-order valence-electron chi connectivity index (χ2n) is 6.77. The highest BCUT2D eigenvalue weighted by molar-refractivity contribution is 9.09. The summed E-state index contributed by atoms with van der Waals surface area (Å²) in [4.78, 5) is 0.263. The van der Waals surface area contributed by atoms with Crippen LogP contribution in [0.3, 0.4) is 0 Å². The van der Waals surface area contributed by atoms with E-state index in [1.54, 1.807) is 22.5 Å². The molecule has 0 aromatic heterocycles. The summed E-state index contributed by atoms with van der Waals surface area (Å²) in [6.45, 7) is 6.25. The molecule has 2 atom stereocenters. The minimum atomic E-state index is -3.26. The van der Waals surface area contributed by atoms with Crippen molar-refractivity contribution in [2.24, 2.45) is 0 Å². The van der Waals surface area contributed by atoms with Crippen LogP contribution in [0.25, 0.3) is 0 Å². The fourth-order valence-electron chi connectivity index (χ4n) is 3.24. The number of hydrogen-bond donors (Lipinski definition) is 0. The first-order valence-electron chi connectivity index (χ1n) is 9.40. The summed E-state index contributed by atoms with van der Waals surface area (Å²) in [5.74, 6) is -0.166. The van der Waals surface area contributed by atoms with Gasteiger partial charge in [0, 0.05) is 17.4 Å². The minimum absolute atomic E-state index is 0.0119. The zero-order valence-electron chi connectivity index (χ0n) is 16.1. The molecule has 0 radical (unpaired) electrons. The van der Waals surface area contributed by atoms with Gasteiger partial charge < -0.3 is 0 Å². The number of halogens is 2. The largest absolute Gasteiger partial charge is 0.218 e. The second kappa shape index (κ2) is 10.9. The molecule has 3 rings (SSSR count). The first-order chi connectivity index (χ1) is 13.3. The van der Waals surface area contributed by atoms with Gasteiger partial charge in [0.25, 0.3) is 0 Å². The van der Waals surface area contributed by atoms with E-state index >= 15 is 0 Å². The third kappa shape index (κ3) is 6.54. The molecule has 28 heavy (non-hydrogen) atoms. The van der Waals surface area contributed by atoms with Gasteiger partial charge in [-0.25, -0.2) is 12.8 Å². The van der Waals surface area contributed by atoms with Crippen molar-refractivity contribution in [2.45, 2.75) is 37.1 Å². The Bertz CT molecular complexity index is 856. The highest BCUT2D eigenvalue weighted by Gasteiger charge is 2.32. The van der Waals surface area contributed by atoms with E-state index in [2.05, 4.69) is 41.6 Å². The van der Waals surface area contributed by atoms with Gasteiger partial charge in [0.2, 0.25) is 10.0 Å². The molecule has 2 aromatic rings. The molecule has 6 heteroatoms. The van der Waals surface area contributed by atoms with Crippen LogP contribution in [0.4, 0.5) is 4.39 Å². The predicted octanol–water partition coefficient (Wildman–Crippen LogP) is 6.01. The molecule has 1 heterocycles. The quantitative estimate of drug-likeness (QED) is 0.398. The standard InChI is InChI=1S/C16H22BrNO2S.C6H5F/c1-3-11-21(19,20)18-10-5-4-9-16(18)15-8-6-7-14(12-15)13(2)17;7-6-4-2-1-3-5-6/h3,6-8,12-13,16H,1,4-5,9-11H2,2H3;1-5H. The van der Waals surface area contributed by atoms with Gasteiger partial charge in [0.1, 0.15) is 5.82 Å². The van der Waals surface area contributed by atoms with E-state index in [4.69, 9.17) is 0 Å². The Morgan fingerprint density at radius 3 is 2.50 bits per heavy atom. The van der Waals surface area contributed by atoms with Crippen molar-refractivity contribution < 1.29 is 12.8 Å². The number of sulfonamides is 1. The van der Waals surface area contributed by atoms with Gasteiger partial charge in [-0.05, 0) is 43.0 Å². The average Bonchev–Trinajstić information content (AvgIpc) is 2.69. The van der Waals surface area contributed by atoms with Crippen LogP contribution in [0, 0.1) is 5.82 Å². The molecule has 3 nitrogen and oxygen atoms in total. The van der Waals surface area contributed by atoms with Crippen molar-refractivity contribution in [3.8, 4) is 0 Å². The number of nitrogens with zero attached hydrogens (tertiary/aromatic N) is 1. The maximum Gasteiger partial charge on any atom is 0.218 e. The molecule has 1 aliphatic rings. The molecular formula is C22H27BrFNO2S. The van der Waals surface area contributed by atoms with E-state index in [9.17, 15) is 12.8 Å². The smallest absolute Gasteiger partial charge is 0.212 e. The van der Waals surface area contributed by atoms with Gasteiger partial charge in [0.15, 0.2) is 0 Å². The Morgan fingerprint density at radius 2 is 1.93 bits per heavy atom. The second-order valence-corrected chi connectivity index (χ2v) is 10.1. The zero-order chi connectivity index (χ0) is 20.6. The Balaban J connectivity index is 0.000000336. The molecule has 2 aromatic carbocycles. The van der Waals surface area contributed by atoms with Gasteiger partial charge in [-0.1, -0.05) is 70.9 Å². The van der Waals surface area contributed by atoms with Crippen molar-refractivity contribution in [2.75, 3.05) is 12.3 Å². The van der Waals surface area contributed by atoms with Crippen LogP contribution in [0.15, 0.2) is 67.3 Å². The minimum Gasteiger partial charge on any atom is -0.212 e. The third-order valence-corrected chi connectivity index (χ3v) is 6.96. The van der Waals surface area contributed by atoms with Gasteiger partial charge in [-0.2, -0.15) is 4.31 Å². The van der Waals surface area contributed by atoms with E-state index in [-0.39, 0.29) is 22.4 Å². The van der Waals surface area contributed by atoms with Crippen molar-refractivity contribution in [1.29, 1.82) is 0 Å². The molecule has 1 saturated heterocycles. The number of rotatable bonds is 5. The van der Waals surface area contributed by atoms with Crippen molar-refractivity contribution >= 4 is 26.0 Å². The first kappa shape index (κ1) is 22.8. The molecule has 0 saturated carbocycles. The summed E-state index contributed by atoms with van der Waals surface area (Å²) >= 11 is 3.58. The normalized spacial score (nSPS) is 18.6. The molecule has 0 bridgehead atoms. The maximum absolute atomic E-state index is 12.4. The summed E-state index contributed by atoms with van der Waals surface area (Å²) in [6.07, 6.45) is 4.36. The van der Waals surface area contributed by atoms with Crippen LogP contribution in [0.5, 0.6) is 0 Å². The van der Waals surface area contributed by atoms with Gasteiger partial charge in [0.05, 0.1) is 5.75 Å². The van der Waals surface area contributed by atoms with Crippen LogP contribution in [-0.2, 0) is 10.0 Å². The average molecular weight is 468 g/mol. The molecule has 0 amide bonds. The summed E-state index contributed by atoms with van der Waals surface area (Å²) in [5, 5.41) is 0. The number of hydrogen-bond acceptors (Lipinski definition) is 2. The summed E-state index contributed by atoms with van der Waals surface area (Å²) in [5.41, 5.74) is 2.27. The SMILES string of the molecule is C=CCS(=O)(=O)N1CCCCC1c1cccc(C(C)Br)c1.Fc1ccccc1. The lowest BCUT2D eigenvalue weighted by Gasteiger charge is -2.35. The Labute approximate surface area is 176 Å². The van der Waals surface area contributed by atoms with Crippen LogP contribution in [-0.4, -0.2) is 25.0 Å². The zero-order valence-corrected chi connectivity index (χ0v) is 18.5. The van der Waals surface area contributed by atoms with Crippen LogP contribution >= 0.6 is 15.9 Å². The Morgan fingerprint density at radius 1 is 1.21 bits per heavy atom. The lowest BCUT2D eigenvalue weighted by atomic mass is 9.96. The highest BCUT2D eigenvalue weighted by atomic mass is 79.9. The van der Waals surface area contributed by atoms with E-state index in [1.807, 2.05) is 12.1 Å². The summed E-state index contributed by atoms with van der Waals surface area (Å²) in [6, 6.07) is 16.1. The van der Waals surface area contributed by atoms with E-state index in [1.165, 1.54) is 23.8 Å². The van der Waals surface area contributed by atoms with Gasteiger partial charge in [-0.3, -0.25) is 0 Å². The van der Waals surface area contributed by atoms with Crippen molar-refractivity contribution in [1.82, 2.24) is 4.31 Å². The van der Waals surface area contributed by atoms with Gasteiger partial charge >= 0.3 is 0 Å². The molecule has 0 aliphatic carbocycles. The Kier molecular flexibility index (Phi) is 8.86. The number of alkyl halides is 1. The molecule has 152 valence electrons. The fraction of sp³-hybridized carbons (Fsp3) is 0.364. The topological polar surface area (TPSA) is 37.4 Å². The molecule has 1 fully saturated rings. The van der Waals surface area contributed by atoms with Gasteiger partial charge in [-0.15, -0.1) is 6.58 Å². The lowest BCUT2D eigenvalue weighted by molar-refractivity contribution is 0.256. The van der Waals surface area contributed by atoms with Crippen LogP contribution in [0.1, 0.15) is 48.2 Å². The third-order valence-electron chi connectivity index (χ3n) is 4.63. The summed E-state index contributed by atoms with van der Waals surface area (Å²) < 4.78 is 38.4. The molecule has 1 aliphatic heterocycles. The summed E-state index contributed by atoms with van der Waals surface area (Å²) in [7, 11) is -3.26. The van der Waals surface area contributed by atoms with Crippen molar-refractivity contribution in [3.63, 3.8) is 0 Å². The van der Waals surface area contributed by atoms with E-state index in [0.717, 1.165) is 24.8 Å². The predicted molar refractivity (Wildman–Crippen MR) is 117 cm³/mol. The van der Waals surface area contributed by atoms with Crippen molar-refractivity contribution in [3.05, 3.63) is 84.2 Å². The molecule has 0 spiro atoms. The first-order valence-corrected chi connectivity index (χ1v) is 11.9. The molecule has 2 unspecified atom stereocenters. The fourth-order valence-corrected chi connectivity index (χ4v) is 5.04. The van der Waals surface area contributed by atoms with E-state index < -0.39 is 10.0 Å². The van der Waals surface area contributed by atoms with E-state index in [0.29, 0.717) is 6.54 Å². The molecular weight excluding hydrogens is 441 g/mol.